The molecule has 0 bridgehead atoms. The van der Waals surface area contributed by atoms with Crippen LogP contribution < -0.4 is 5.32 Å². The molecule has 110 valence electrons. The van der Waals surface area contributed by atoms with Gasteiger partial charge < -0.3 is 10.2 Å². The first-order valence-electron chi connectivity index (χ1n) is 7.63. The molecule has 1 aliphatic carbocycles. The topological polar surface area (TPSA) is 32.3 Å². The van der Waals surface area contributed by atoms with E-state index >= 15 is 0 Å². The predicted molar refractivity (Wildman–Crippen MR) is 82.8 cm³/mol. The van der Waals surface area contributed by atoms with Crippen LogP contribution in [0.25, 0.3) is 0 Å². The second-order valence-corrected chi connectivity index (χ2v) is 5.95. The molecule has 1 aromatic carbocycles. The van der Waals surface area contributed by atoms with Crippen molar-refractivity contribution in [2.24, 2.45) is 0 Å². The van der Waals surface area contributed by atoms with Crippen molar-refractivity contribution in [1.82, 2.24) is 10.2 Å². The third kappa shape index (κ3) is 3.83. The van der Waals surface area contributed by atoms with E-state index in [-0.39, 0.29) is 5.91 Å². The monoisotopic (exact) mass is 274 g/mol. The highest BCUT2D eigenvalue weighted by molar-refractivity contribution is 5.75. The standard InChI is InChI=1S/C17H26N2O/c1-13(18-11-10-17(20)19(2)3)15-9-8-14-6-4-5-7-16(14)12-15/h8-9,12-13,18H,4-7,10-11H2,1-3H3. The molecule has 1 unspecified atom stereocenters. The zero-order chi connectivity index (χ0) is 14.5. The van der Waals surface area contributed by atoms with E-state index < -0.39 is 0 Å². The number of aryl methyl sites for hydroxylation is 2. The van der Waals surface area contributed by atoms with Crippen LogP contribution in [0.15, 0.2) is 18.2 Å². The van der Waals surface area contributed by atoms with Crippen molar-refractivity contribution >= 4 is 5.91 Å². The summed E-state index contributed by atoms with van der Waals surface area (Å²) in [7, 11) is 3.60. The zero-order valence-electron chi connectivity index (χ0n) is 12.9. The van der Waals surface area contributed by atoms with E-state index in [2.05, 4.69) is 30.4 Å². The number of fused-ring (bicyclic) bond motifs is 1. The molecule has 0 radical (unpaired) electrons. The smallest absolute Gasteiger partial charge is 0.223 e. The van der Waals surface area contributed by atoms with Crippen LogP contribution in [0.3, 0.4) is 0 Å². The normalized spacial score (nSPS) is 15.6. The third-order valence-electron chi connectivity index (χ3n) is 4.16. The molecule has 1 aliphatic rings. The van der Waals surface area contributed by atoms with Crippen LogP contribution in [-0.4, -0.2) is 31.4 Å². The second kappa shape index (κ2) is 6.89. The quantitative estimate of drug-likeness (QED) is 0.895. The van der Waals surface area contributed by atoms with Crippen molar-refractivity contribution in [2.45, 2.75) is 45.1 Å². The van der Waals surface area contributed by atoms with Gasteiger partial charge in [0.2, 0.25) is 5.91 Å². The number of hydrogen-bond donors (Lipinski definition) is 1. The first kappa shape index (κ1) is 15.0. The number of nitrogens with zero attached hydrogens (tertiary/aromatic N) is 1. The first-order chi connectivity index (χ1) is 9.58. The average Bonchev–Trinajstić information content (AvgIpc) is 2.46. The lowest BCUT2D eigenvalue weighted by Gasteiger charge is -2.20. The Kier molecular flexibility index (Phi) is 5.18. The average molecular weight is 274 g/mol. The van der Waals surface area contributed by atoms with Gasteiger partial charge in [0.25, 0.3) is 0 Å². The Labute approximate surface area is 122 Å². The van der Waals surface area contributed by atoms with Gasteiger partial charge in [0.15, 0.2) is 0 Å². The first-order valence-corrected chi connectivity index (χ1v) is 7.63. The minimum atomic E-state index is 0.176. The lowest BCUT2D eigenvalue weighted by molar-refractivity contribution is -0.128. The van der Waals surface area contributed by atoms with Gasteiger partial charge in [0.1, 0.15) is 0 Å². The summed E-state index contributed by atoms with van der Waals surface area (Å²) >= 11 is 0. The predicted octanol–water partition coefficient (Wildman–Crippen LogP) is 2.69. The Morgan fingerprint density at radius 3 is 2.65 bits per heavy atom. The van der Waals surface area contributed by atoms with Gasteiger partial charge in [-0.25, -0.2) is 0 Å². The molecule has 3 heteroatoms. The van der Waals surface area contributed by atoms with Gasteiger partial charge in [-0.1, -0.05) is 18.2 Å². The molecule has 1 aromatic rings. The van der Waals surface area contributed by atoms with Crippen molar-refractivity contribution in [3.63, 3.8) is 0 Å². The number of carbonyl (C=O) groups excluding carboxylic acids is 1. The maximum absolute atomic E-state index is 11.5. The SMILES string of the molecule is CC(NCCC(=O)N(C)C)c1ccc2c(c1)CCCC2. The van der Waals surface area contributed by atoms with Gasteiger partial charge in [-0.05, 0) is 49.3 Å². The highest BCUT2D eigenvalue weighted by atomic mass is 16.2. The molecule has 0 fully saturated rings. The molecule has 0 aromatic heterocycles. The maximum Gasteiger partial charge on any atom is 0.223 e. The lowest BCUT2D eigenvalue weighted by atomic mass is 9.89. The van der Waals surface area contributed by atoms with Crippen LogP contribution in [0.1, 0.15) is 48.9 Å². The highest BCUT2D eigenvalue weighted by Gasteiger charge is 2.12. The molecular formula is C17H26N2O. The third-order valence-corrected chi connectivity index (χ3v) is 4.16. The molecule has 0 spiro atoms. The van der Waals surface area contributed by atoms with E-state index in [1.54, 1.807) is 19.0 Å². The van der Waals surface area contributed by atoms with E-state index in [0.717, 1.165) is 6.54 Å². The van der Waals surface area contributed by atoms with Crippen LogP contribution >= 0.6 is 0 Å². The van der Waals surface area contributed by atoms with Crippen molar-refractivity contribution in [3.8, 4) is 0 Å². The summed E-state index contributed by atoms with van der Waals surface area (Å²) in [5.41, 5.74) is 4.38. The minimum absolute atomic E-state index is 0.176. The number of amides is 1. The van der Waals surface area contributed by atoms with Crippen LogP contribution in [-0.2, 0) is 17.6 Å². The summed E-state index contributed by atoms with van der Waals surface area (Å²) in [5, 5.41) is 3.44. The molecule has 3 nitrogen and oxygen atoms in total. The van der Waals surface area contributed by atoms with E-state index in [1.807, 2.05) is 0 Å². The summed E-state index contributed by atoms with van der Waals surface area (Å²) in [4.78, 5) is 13.2. The molecule has 1 N–H and O–H groups in total. The number of nitrogens with one attached hydrogen (secondary N) is 1. The van der Waals surface area contributed by atoms with Gasteiger partial charge >= 0.3 is 0 Å². The lowest BCUT2D eigenvalue weighted by Crippen LogP contribution is -2.28. The van der Waals surface area contributed by atoms with Crippen LogP contribution in [0, 0.1) is 0 Å². The number of hydrogen-bond acceptors (Lipinski definition) is 2. The van der Waals surface area contributed by atoms with Gasteiger partial charge in [-0.3, -0.25) is 4.79 Å². The molecule has 0 heterocycles. The number of rotatable bonds is 5. The van der Waals surface area contributed by atoms with Crippen molar-refractivity contribution < 1.29 is 4.79 Å². The summed E-state index contributed by atoms with van der Waals surface area (Å²) in [6, 6.07) is 7.17. The molecule has 0 saturated heterocycles. The van der Waals surface area contributed by atoms with E-state index in [1.165, 1.54) is 42.4 Å². The highest BCUT2D eigenvalue weighted by Crippen LogP contribution is 2.24. The summed E-state index contributed by atoms with van der Waals surface area (Å²) < 4.78 is 0. The molecule has 0 saturated carbocycles. The molecule has 0 aliphatic heterocycles. The molecule has 1 atom stereocenters. The van der Waals surface area contributed by atoms with Gasteiger partial charge in [0, 0.05) is 33.1 Å². The van der Waals surface area contributed by atoms with Crippen LogP contribution in [0.5, 0.6) is 0 Å². The fourth-order valence-corrected chi connectivity index (χ4v) is 2.76. The Balaban J connectivity index is 1.89. The van der Waals surface area contributed by atoms with Crippen molar-refractivity contribution in [1.29, 1.82) is 0 Å². The fraction of sp³-hybridized carbons (Fsp3) is 0.588. The van der Waals surface area contributed by atoms with Crippen molar-refractivity contribution in [2.75, 3.05) is 20.6 Å². The number of carbonyl (C=O) groups is 1. The van der Waals surface area contributed by atoms with Crippen LogP contribution in [0.2, 0.25) is 0 Å². The van der Waals surface area contributed by atoms with E-state index in [0.29, 0.717) is 12.5 Å². The Morgan fingerprint density at radius 1 is 1.25 bits per heavy atom. The van der Waals surface area contributed by atoms with Crippen molar-refractivity contribution in [3.05, 3.63) is 34.9 Å². The van der Waals surface area contributed by atoms with E-state index in [4.69, 9.17) is 0 Å². The fourth-order valence-electron chi connectivity index (χ4n) is 2.76. The molecule has 1 amide bonds. The van der Waals surface area contributed by atoms with Gasteiger partial charge in [0.05, 0.1) is 0 Å². The Hall–Kier alpha value is -1.35. The largest absolute Gasteiger partial charge is 0.349 e. The van der Waals surface area contributed by atoms with Gasteiger partial charge in [-0.15, -0.1) is 0 Å². The zero-order valence-corrected chi connectivity index (χ0v) is 12.9. The summed E-state index contributed by atoms with van der Waals surface area (Å²) in [5.74, 6) is 0.176. The Bertz CT molecular complexity index is 468. The summed E-state index contributed by atoms with van der Waals surface area (Å²) in [6.45, 7) is 2.90. The van der Waals surface area contributed by atoms with E-state index in [9.17, 15) is 4.79 Å². The summed E-state index contributed by atoms with van der Waals surface area (Å²) in [6.07, 6.45) is 5.65. The minimum Gasteiger partial charge on any atom is -0.349 e. The second-order valence-electron chi connectivity index (χ2n) is 5.95. The van der Waals surface area contributed by atoms with Gasteiger partial charge in [-0.2, -0.15) is 0 Å². The Morgan fingerprint density at radius 2 is 1.95 bits per heavy atom. The van der Waals surface area contributed by atoms with Crippen LogP contribution in [0.4, 0.5) is 0 Å². The maximum atomic E-state index is 11.5. The number of benzene rings is 1. The molecular weight excluding hydrogens is 248 g/mol. The molecule has 2 rings (SSSR count). The molecule has 20 heavy (non-hydrogen) atoms.